The number of nitrogens with two attached hydrogens (primary N) is 1. The van der Waals surface area contributed by atoms with Crippen LogP contribution in [0.4, 0.5) is 5.82 Å². The summed E-state index contributed by atoms with van der Waals surface area (Å²) < 4.78 is 1.59. The van der Waals surface area contributed by atoms with Crippen molar-refractivity contribution in [1.29, 1.82) is 0 Å². The highest BCUT2D eigenvalue weighted by molar-refractivity contribution is 5.42. The molecule has 0 radical (unpaired) electrons. The van der Waals surface area contributed by atoms with Crippen LogP contribution in [0.5, 0.6) is 5.75 Å². The molecule has 1 aromatic rings. The van der Waals surface area contributed by atoms with Crippen molar-refractivity contribution in [3.05, 3.63) is 16.4 Å². The van der Waals surface area contributed by atoms with Crippen LogP contribution in [-0.2, 0) is 5.54 Å². The molecule has 0 unspecified atom stereocenters. The van der Waals surface area contributed by atoms with Crippen LogP contribution in [-0.4, -0.2) is 14.9 Å². The molecule has 4 bridgehead atoms. The fraction of sp³-hybridized carbons (Fsp3) is 0.714. The number of hydrogen-bond donors (Lipinski definition) is 2. The van der Waals surface area contributed by atoms with E-state index in [1.54, 1.807) is 4.68 Å². The first-order valence-corrected chi connectivity index (χ1v) is 7.15. The quantitative estimate of drug-likeness (QED) is 0.802. The Morgan fingerprint density at radius 3 is 2.26 bits per heavy atom. The molecule has 0 aromatic carbocycles. The minimum atomic E-state index is -0.214. The maximum Gasteiger partial charge on any atom is 0.271 e. The largest absolute Gasteiger partial charge is 0.504 e. The third-order valence-corrected chi connectivity index (χ3v) is 5.39. The van der Waals surface area contributed by atoms with Crippen LogP contribution in [0.25, 0.3) is 0 Å². The molecule has 4 fully saturated rings. The van der Waals surface area contributed by atoms with Gasteiger partial charge in [-0.2, -0.15) is 0 Å². The Bertz CT molecular complexity index is 558. The van der Waals surface area contributed by atoms with Crippen LogP contribution >= 0.6 is 0 Å². The van der Waals surface area contributed by atoms with Crippen molar-refractivity contribution < 1.29 is 5.11 Å². The molecule has 5 rings (SSSR count). The highest BCUT2D eigenvalue weighted by Crippen LogP contribution is 2.58. The van der Waals surface area contributed by atoms with E-state index in [1.807, 2.05) is 0 Å². The first kappa shape index (κ1) is 11.3. The average Bonchev–Trinajstić information content (AvgIpc) is 2.32. The Morgan fingerprint density at radius 1 is 1.21 bits per heavy atom. The van der Waals surface area contributed by atoms with Crippen LogP contribution in [0, 0.1) is 17.8 Å². The number of rotatable bonds is 1. The van der Waals surface area contributed by atoms with Gasteiger partial charge in [-0.25, -0.2) is 4.68 Å². The predicted molar refractivity (Wildman–Crippen MR) is 70.7 cm³/mol. The Morgan fingerprint density at radius 2 is 1.74 bits per heavy atom. The molecule has 1 aromatic heterocycles. The molecular weight excluding hydrogens is 242 g/mol. The summed E-state index contributed by atoms with van der Waals surface area (Å²) in [6.45, 7) is 0. The molecule has 4 aliphatic rings. The van der Waals surface area contributed by atoms with Gasteiger partial charge in [0, 0.05) is 0 Å². The molecule has 0 amide bonds. The fourth-order valence-electron chi connectivity index (χ4n) is 5.12. The zero-order valence-corrected chi connectivity index (χ0v) is 10.9. The minimum Gasteiger partial charge on any atom is -0.504 e. The molecule has 5 heteroatoms. The van der Waals surface area contributed by atoms with E-state index in [4.69, 9.17) is 5.73 Å². The topological polar surface area (TPSA) is 81.1 Å². The second-order valence-electron chi connectivity index (χ2n) is 6.81. The summed E-state index contributed by atoms with van der Waals surface area (Å²) in [5, 5.41) is 13.7. The lowest BCUT2D eigenvalue weighted by molar-refractivity contribution is -0.0517. The lowest BCUT2D eigenvalue weighted by Crippen LogP contribution is -2.55. The second-order valence-corrected chi connectivity index (χ2v) is 6.81. The Balaban J connectivity index is 1.84. The van der Waals surface area contributed by atoms with Crippen LogP contribution in [0.3, 0.4) is 0 Å². The number of hydrogen-bond acceptors (Lipinski definition) is 4. The van der Waals surface area contributed by atoms with Gasteiger partial charge in [-0.3, -0.25) is 4.79 Å². The highest BCUT2D eigenvalue weighted by atomic mass is 16.3. The van der Waals surface area contributed by atoms with E-state index in [2.05, 4.69) is 5.10 Å². The van der Waals surface area contributed by atoms with Gasteiger partial charge < -0.3 is 10.8 Å². The van der Waals surface area contributed by atoms with Crippen LogP contribution < -0.4 is 11.3 Å². The van der Waals surface area contributed by atoms with Crippen molar-refractivity contribution in [2.75, 3.05) is 5.73 Å². The van der Waals surface area contributed by atoms with Gasteiger partial charge in [-0.05, 0) is 56.3 Å². The Labute approximate surface area is 111 Å². The molecule has 3 N–H and O–H groups in total. The lowest BCUT2D eigenvalue weighted by Gasteiger charge is -2.56. The van der Waals surface area contributed by atoms with Crippen molar-refractivity contribution in [3.8, 4) is 5.75 Å². The second kappa shape index (κ2) is 3.52. The summed E-state index contributed by atoms with van der Waals surface area (Å²) in [5.41, 5.74) is 5.34. The molecule has 0 aliphatic heterocycles. The molecule has 0 spiro atoms. The van der Waals surface area contributed by atoms with Gasteiger partial charge in [0.2, 0.25) is 0 Å². The normalized spacial score (nSPS) is 39.7. The first-order chi connectivity index (χ1) is 9.06. The van der Waals surface area contributed by atoms with Crippen LogP contribution in [0.15, 0.2) is 10.9 Å². The zero-order valence-electron chi connectivity index (χ0n) is 10.9. The van der Waals surface area contributed by atoms with Crippen molar-refractivity contribution in [2.24, 2.45) is 17.8 Å². The van der Waals surface area contributed by atoms with Gasteiger partial charge in [0.15, 0.2) is 11.6 Å². The molecular formula is C14H19N3O2. The molecule has 1 heterocycles. The summed E-state index contributed by atoms with van der Waals surface area (Å²) in [6.07, 6.45) is 7.12. The van der Waals surface area contributed by atoms with E-state index in [-0.39, 0.29) is 22.7 Å². The number of anilines is 1. The Kier molecular flexibility index (Phi) is 2.10. The van der Waals surface area contributed by atoms with E-state index >= 15 is 0 Å². The first-order valence-electron chi connectivity index (χ1n) is 7.15. The van der Waals surface area contributed by atoms with Crippen LogP contribution in [0.2, 0.25) is 0 Å². The summed E-state index contributed by atoms with van der Waals surface area (Å²) >= 11 is 0. The Hall–Kier alpha value is -1.52. The number of aromatic hydroxyl groups is 1. The molecule has 0 saturated heterocycles. The smallest absolute Gasteiger partial charge is 0.271 e. The van der Waals surface area contributed by atoms with Crippen molar-refractivity contribution in [1.82, 2.24) is 9.78 Å². The summed E-state index contributed by atoms with van der Waals surface area (Å²) in [7, 11) is 0. The van der Waals surface area contributed by atoms with E-state index in [9.17, 15) is 9.90 Å². The monoisotopic (exact) mass is 261 g/mol. The number of nitrogens with zero attached hydrogens (tertiary/aromatic N) is 2. The van der Waals surface area contributed by atoms with Gasteiger partial charge in [0.05, 0.1) is 11.6 Å². The summed E-state index contributed by atoms with van der Waals surface area (Å²) in [6, 6.07) is 1.21. The average molecular weight is 261 g/mol. The van der Waals surface area contributed by atoms with E-state index in [0.717, 1.165) is 37.0 Å². The highest BCUT2D eigenvalue weighted by Gasteiger charge is 2.52. The maximum absolute atomic E-state index is 12.2. The third-order valence-electron chi connectivity index (χ3n) is 5.39. The summed E-state index contributed by atoms with van der Waals surface area (Å²) in [4.78, 5) is 12.2. The predicted octanol–water partition coefficient (Wildman–Crippen LogP) is 1.46. The van der Waals surface area contributed by atoms with Crippen molar-refractivity contribution >= 4 is 5.82 Å². The standard InChI is InChI=1S/C14H19N3O2/c15-13-11(18)4-12(19)17(16-13)14-5-8-1-9(6-14)3-10(2-8)7-14/h4,8-10,18H,1-3,5-7H2,(H2,15,16). The number of aromatic nitrogens is 2. The third kappa shape index (κ3) is 1.53. The SMILES string of the molecule is Nc1nn(C23CC4CC(CC(C4)C2)C3)c(=O)cc1O. The van der Waals surface area contributed by atoms with Gasteiger partial charge >= 0.3 is 0 Å². The molecule has 4 saturated carbocycles. The minimum absolute atomic E-state index is 0.0651. The maximum atomic E-state index is 12.2. The molecule has 102 valence electrons. The van der Waals surface area contributed by atoms with Gasteiger partial charge in [-0.15, -0.1) is 5.10 Å². The molecule has 4 aliphatic carbocycles. The van der Waals surface area contributed by atoms with E-state index < -0.39 is 0 Å². The van der Waals surface area contributed by atoms with Gasteiger partial charge in [0.1, 0.15) is 0 Å². The van der Waals surface area contributed by atoms with Crippen molar-refractivity contribution in [2.45, 2.75) is 44.1 Å². The van der Waals surface area contributed by atoms with Gasteiger partial charge in [-0.1, -0.05) is 0 Å². The fourth-order valence-corrected chi connectivity index (χ4v) is 5.12. The zero-order chi connectivity index (χ0) is 13.2. The molecule has 19 heavy (non-hydrogen) atoms. The van der Waals surface area contributed by atoms with E-state index in [1.165, 1.54) is 25.3 Å². The lowest BCUT2D eigenvalue weighted by atomic mass is 9.53. The van der Waals surface area contributed by atoms with Crippen LogP contribution in [0.1, 0.15) is 38.5 Å². The van der Waals surface area contributed by atoms with E-state index in [0.29, 0.717) is 0 Å². The molecule has 0 atom stereocenters. The summed E-state index contributed by atoms with van der Waals surface area (Å²) in [5.74, 6) is 2.10. The number of nitrogen functional groups attached to an aromatic ring is 1. The van der Waals surface area contributed by atoms with Crippen molar-refractivity contribution in [3.63, 3.8) is 0 Å². The van der Waals surface area contributed by atoms with Gasteiger partial charge in [0.25, 0.3) is 5.56 Å². The molecule has 5 nitrogen and oxygen atoms in total.